The van der Waals surface area contributed by atoms with E-state index in [4.69, 9.17) is 19.9 Å². The van der Waals surface area contributed by atoms with E-state index in [-0.39, 0.29) is 0 Å². The first-order valence-corrected chi connectivity index (χ1v) is 6.36. The van der Waals surface area contributed by atoms with Crippen LogP contribution in [-0.4, -0.2) is 70.7 Å². The summed E-state index contributed by atoms with van der Waals surface area (Å²) in [6.07, 6.45) is 0. The number of methoxy groups -OCH3 is 1. The molecule has 2 N–H and O–H groups in total. The molecule has 0 aromatic carbocycles. The Morgan fingerprint density at radius 2 is 1.71 bits per heavy atom. The van der Waals surface area contributed by atoms with Gasteiger partial charge in [0.1, 0.15) is 0 Å². The van der Waals surface area contributed by atoms with Gasteiger partial charge in [0.2, 0.25) is 0 Å². The normalized spacial score (nSPS) is 25.6. The molecular weight excluding hydrogens is 220 g/mol. The Bertz CT molecular complexity index is 183. The van der Waals surface area contributed by atoms with Crippen molar-refractivity contribution in [3.8, 4) is 0 Å². The van der Waals surface area contributed by atoms with Crippen molar-refractivity contribution in [2.24, 2.45) is 11.7 Å². The van der Waals surface area contributed by atoms with Gasteiger partial charge in [-0.15, -0.1) is 0 Å². The van der Waals surface area contributed by atoms with Crippen LogP contribution in [0.1, 0.15) is 6.92 Å². The second kappa shape index (κ2) is 8.83. The highest BCUT2D eigenvalue weighted by molar-refractivity contribution is 4.83. The van der Waals surface area contributed by atoms with Gasteiger partial charge in [-0.05, 0) is 5.92 Å². The third-order valence-corrected chi connectivity index (χ3v) is 3.10. The maximum Gasteiger partial charge on any atom is 0.0701 e. The van der Waals surface area contributed by atoms with Gasteiger partial charge >= 0.3 is 0 Å². The van der Waals surface area contributed by atoms with Gasteiger partial charge < -0.3 is 19.9 Å². The Morgan fingerprint density at radius 1 is 1.06 bits per heavy atom. The van der Waals surface area contributed by atoms with Gasteiger partial charge in [-0.25, -0.2) is 0 Å². The maximum absolute atomic E-state index is 5.95. The van der Waals surface area contributed by atoms with Crippen LogP contribution >= 0.6 is 0 Å². The molecule has 1 aliphatic rings. The molecule has 0 aliphatic carbocycles. The van der Waals surface area contributed by atoms with Crippen LogP contribution in [0.25, 0.3) is 0 Å². The van der Waals surface area contributed by atoms with Crippen molar-refractivity contribution in [1.82, 2.24) is 4.90 Å². The molecule has 1 heterocycles. The lowest BCUT2D eigenvalue weighted by atomic mass is 10.1. The molecule has 5 nitrogen and oxygen atoms in total. The topological polar surface area (TPSA) is 57.0 Å². The molecule has 1 fully saturated rings. The molecule has 2 unspecified atom stereocenters. The van der Waals surface area contributed by atoms with Crippen molar-refractivity contribution in [1.29, 1.82) is 0 Å². The zero-order valence-electron chi connectivity index (χ0n) is 11.1. The van der Waals surface area contributed by atoms with E-state index in [2.05, 4.69) is 11.8 Å². The summed E-state index contributed by atoms with van der Waals surface area (Å²) in [6.45, 7) is 8.59. The van der Waals surface area contributed by atoms with Gasteiger partial charge in [-0.3, -0.25) is 4.90 Å². The quantitative estimate of drug-likeness (QED) is 0.578. The van der Waals surface area contributed by atoms with Gasteiger partial charge in [-0.2, -0.15) is 0 Å². The molecule has 0 amide bonds. The van der Waals surface area contributed by atoms with Gasteiger partial charge in [0, 0.05) is 32.8 Å². The van der Waals surface area contributed by atoms with Crippen LogP contribution in [0.15, 0.2) is 0 Å². The molecule has 1 rings (SSSR count). The summed E-state index contributed by atoms with van der Waals surface area (Å²) in [5.74, 6) is 0.604. The third-order valence-electron chi connectivity index (χ3n) is 3.10. The van der Waals surface area contributed by atoms with Crippen molar-refractivity contribution >= 4 is 0 Å². The number of hydrogen-bond donors (Lipinski definition) is 1. The minimum atomic E-state index is 0.326. The summed E-state index contributed by atoms with van der Waals surface area (Å²) >= 11 is 0. The lowest BCUT2D eigenvalue weighted by Crippen LogP contribution is -2.30. The van der Waals surface area contributed by atoms with E-state index in [9.17, 15) is 0 Å². The highest BCUT2D eigenvalue weighted by Crippen LogP contribution is 2.13. The molecule has 1 aliphatic heterocycles. The van der Waals surface area contributed by atoms with E-state index < -0.39 is 0 Å². The summed E-state index contributed by atoms with van der Waals surface area (Å²) in [5, 5.41) is 0. The molecule has 2 atom stereocenters. The van der Waals surface area contributed by atoms with Crippen LogP contribution < -0.4 is 5.73 Å². The lowest BCUT2D eigenvalue weighted by Gasteiger charge is -2.15. The Balaban J connectivity index is 1.85. The smallest absolute Gasteiger partial charge is 0.0701 e. The van der Waals surface area contributed by atoms with Crippen molar-refractivity contribution in [3.05, 3.63) is 0 Å². The first kappa shape index (κ1) is 14.9. The average molecular weight is 246 g/mol. The Labute approximate surface area is 104 Å². The SMILES string of the molecule is COCCOCCOCCN1CC(C)C(N)C1. The molecule has 5 heteroatoms. The Kier molecular flexibility index (Phi) is 7.72. The standard InChI is InChI=1S/C12H26N2O3/c1-11-9-14(10-12(11)13)3-4-16-7-8-17-6-5-15-2/h11-12H,3-10,13H2,1-2H3. The molecule has 0 radical (unpaired) electrons. The average Bonchev–Trinajstić information content (AvgIpc) is 2.62. The highest BCUT2D eigenvalue weighted by atomic mass is 16.5. The lowest BCUT2D eigenvalue weighted by molar-refractivity contribution is 0.0205. The summed E-state index contributed by atoms with van der Waals surface area (Å²) in [7, 11) is 1.67. The molecule has 0 aromatic rings. The number of nitrogens with two attached hydrogens (primary N) is 1. The molecule has 102 valence electrons. The predicted molar refractivity (Wildman–Crippen MR) is 67.1 cm³/mol. The van der Waals surface area contributed by atoms with Gasteiger partial charge in [-0.1, -0.05) is 6.92 Å². The van der Waals surface area contributed by atoms with Gasteiger partial charge in [0.05, 0.1) is 33.0 Å². The monoisotopic (exact) mass is 246 g/mol. The summed E-state index contributed by atoms with van der Waals surface area (Å²) < 4.78 is 15.7. The van der Waals surface area contributed by atoms with E-state index in [1.54, 1.807) is 7.11 Å². The molecule has 0 spiro atoms. The molecule has 0 saturated carbocycles. The fourth-order valence-corrected chi connectivity index (χ4v) is 1.94. The molecule has 0 aromatic heterocycles. The van der Waals surface area contributed by atoms with E-state index in [1.165, 1.54) is 0 Å². The molecule has 17 heavy (non-hydrogen) atoms. The highest BCUT2D eigenvalue weighted by Gasteiger charge is 2.25. The van der Waals surface area contributed by atoms with Crippen LogP contribution in [0.2, 0.25) is 0 Å². The number of rotatable bonds is 9. The van der Waals surface area contributed by atoms with E-state index in [0.29, 0.717) is 38.4 Å². The zero-order valence-corrected chi connectivity index (χ0v) is 11.1. The van der Waals surface area contributed by atoms with Crippen LogP contribution in [-0.2, 0) is 14.2 Å². The summed E-state index contributed by atoms with van der Waals surface area (Å²) in [4.78, 5) is 2.36. The van der Waals surface area contributed by atoms with Crippen LogP contribution in [0, 0.1) is 5.92 Å². The van der Waals surface area contributed by atoms with Crippen molar-refractivity contribution < 1.29 is 14.2 Å². The van der Waals surface area contributed by atoms with Crippen molar-refractivity contribution in [2.75, 3.05) is 59.8 Å². The van der Waals surface area contributed by atoms with E-state index in [1.807, 2.05) is 0 Å². The zero-order chi connectivity index (χ0) is 12.5. The number of likely N-dealkylation sites (tertiary alicyclic amines) is 1. The minimum absolute atomic E-state index is 0.326. The van der Waals surface area contributed by atoms with Gasteiger partial charge in [0.25, 0.3) is 0 Å². The Morgan fingerprint density at radius 3 is 2.29 bits per heavy atom. The van der Waals surface area contributed by atoms with E-state index in [0.717, 1.165) is 26.2 Å². The fraction of sp³-hybridized carbons (Fsp3) is 1.00. The maximum atomic E-state index is 5.95. The van der Waals surface area contributed by atoms with E-state index >= 15 is 0 Å². The second-order valence-corrected chi connectivity index (χ2v) is 4.62. The molecule has 1 saturated heterocycles. The minimum Gasteiger partial charge on any atom is -0.382 e. The van der Waals surface area contributed by atoms with Gasteiger partial charge in [0.15, 0.2) is 0 Å². The first-order chi connectivity index (χ1) is 8.24. The van der Waals surface area contributed by atoms with Crippen molar-refractivity contribution in [3.63, 3.8) is 0 Å². The molecule has 0 bridgehead atoms. The fourth-order valence-electron chi connectivity index (χ4n) is 1.94. The second-order valence-electron chi connectivity index (χ2n) is 4.62. The number of ether oxygens (including phenoxy) is 3. The number of hydrogen-bond acceptors (Lipinski definition) is 5. The molecular formula is C12H26N2O3. The number of nitrogens with zero attached hydrogens (tertiary/aromatic N) is 1. The van der Waals surface area contributed by atoms with Crippen molar-refractivity contribution in [2.45, 2.75) is 13.0 Å². The predicted octanol–water partition coefficient (Wildman–Crippen LogP) is -0.0550. The van der Waals surface area contributed by atoms with Crippen LogP contribution in [0.5, 0.6) is 0 Å². The summed E-state index contributed by atoms with van der Waals surface area (Å²) in [5.41, 5.74) is 5.95. The summed E-state index contributed by atoms with van der Waals surface area (Å²) in [6, 6.07) is 0.326. The third kappa shape index (κ3) is 6.33. The Hall–Kier alpha value is -0.200. The van der Waals surface area contributed by atoms with Crippen LogP contribution in [0.4, 0.5) is 0 Å². The van der Waals surface area contributed by atoms with Crippen LogP contribution in [0.3, 0.4) is 0 Å². The largest absolute Gasteiger partial charge is 0.382 e. The first-order valence-electron chi connectivity index (χ1n) is 6.36.